The Hall–Kier alpha value is -4.41. The van der Waals surface area contributed by atoms with Crippen molar-refractivity contribution in [2.24, 2.45) is 0 Å². The molecule has 0 radical (unpaired) electrons. The molecule has 2 N–H and O–H groups in total. The lowest BCUT2D eigenvalue weighted by Gasteiger charge is -2.19. The minimum Gasteiger partial charge on any atom is -0.444 e. The third-order valence-electron chi connectivity index (χ3n) is 5.74. The number of anilines is 3. The van der Waals surface area contributed by atoms with E-state index in [0.29, 0.717) is 33.5 Å². The Kier molecular flexibility index (Phi) is 7.22. The highest BCUT2D eigenvalue weighted by molar-refractivity contribution is 7.90. The highest BCUT2D eigenvalue weighted by Crippen LogP contribution is 2.36. The number of fused-ring (bicyclic) bond motifs is 1. The second-order valence-corrected chi connectivity index (χ2v) is 12.1. The van der Waals surface area contributed by atoms with Gasteiger partial charge in [-0.3, -0.25) is 5.32 Å². The van der Waals surface area contributed by atoms with Crippen LogP contribution in [0.15, 0.2) is 96.2 Å². The van der Waals surface area contributed by atoms with Gasteiger partial charge in [0, 0.05) is 28.5 Å². The fraction of sp³-hybridized carbons (Fsp3) is 0.138. The lowest BCUT2D eigenvalue weighted by Crippen LogP contribution is -2.27. The molecule has 3 aromatic carbocycles. The molecule has 0 fully saturated rings. The largest absolute Gasteiger partial charge is 0.444 e. The van der Waals surface area contributed by atoms with Gasteiger partial charge >= 0.3 is 6.09 Å². The van der Waals surface area contributed by atoms with Crippen LogP contribution in [-0.4, -0.2) is 34.1 Å². The molecule has 0 aliphatic carbocycles. The van der Waals surface area contributed by atoms with Crippen molar-refractivity contribution in [1.82, 2.24) is 13.9 Å². The van der Waals surface area contributed by atoms with Crippen LogP contribution >= 0.6 is 11.6 Å². The number of amides is 1. The summed E-state index contributed by atoms with van der Waals surface area (Å²) in [6.45, 7) is 5.36. The minimum absolute atomic E-state index is 0.165. The first-order chi connectivity index (χ1) is 19.0. The van der Waals surface area contributed by atoms with Crippen LogP contribution in [0.3, 0.4) is 0 Å². The summed E-state index contributed by atoms with van der Waals surface area (Å²) in [5, 5.41) is 6.73. The van der Waals surface area contributed by atoms with E-state index in [4.69, 9.17) is 16.3 Å². The van der Waals surface area contributed by atoms with E-state index in [0.717, 1.165) is 0 Å². The predicted octanol–water partition coefficient (Wildman–Crippen LogP) is 7.08. The molecule has 2 aromatic heterocycles. The number of rotatable bonds is 6. The zero-order valence-electron chi connectivity index (χ0n) is 21.9. The van der Waals surface area contributed by atoms with Crippen molar-refractivity contribution in [2.75, 3.05) is 10.6 Å². The molecule has 0 saturated carbocycles. The van der Waals surface area contributed by atoms with Gasteiger partial charge in [0.25, 0.3) is 10.0 Å². The Morgan fingerprint density at radius 1 is 0.950 bits per heavy atom. The van der Waals surface area contributed by atoms with Crippen molar-refractivity contribution in [3.63, 3.8) is 0 Å². The Labute approximate surface area is 236 Å². The van der Waals surface area contributed by atoms with E-state index >= 15 is 0 Å². The van der Waals surface area contributed by atoms with Gasteiger partial charge in [-0.15, -0.1) is 0 Å². The van der Waals surface area contributed by atoms with Crippen molar-refractivity contribution >= 4 is 55.9 Å². The van der Waals surface area contributed by atoms with Crippen molar-refractivity contribution in [2.45, 2.75) is 31.3 Å². The number of hydrogen-bond acceptors (Lipinski definition) is 7. The van der Waals surface area contributed by atoms with Gasteiger partial charge in [0.1, 0.15) is 5.60 Å². The van der Waals surface area contributed by atoms with E-state index in [9.17, 15) is 13.2 Å². The second kappa shape index (κ2) is 10.6. The number of ether oxygens (including phenoxy) is 1. The molecule has 1 amide bonds. The summed E-state index contributed by atoms with van der Waals surface area (Å²) in [5.41, 5.74) is 1.88. The number of nitrogens with zero attached hydrogens (tertiary/aromatic N) is 3. The molecular formula is C29H26ClN5O4S. The van der Waals surface area contributed by atoms with Gasteiger partial charge < -0.3 is 10.1 Å². The van der Waals surface area contributed by atoms with E-state index < -0.39 is 21.7 Å². The average Bonchev–Trinajstić information content (AvgIpc) is 3.30. The maximum atomic E-state index is 13.5. The molecule has 0 saturated heterocycles. The number of para-hydroxylation sites is 1. The van der Waals surface area contributed by atoms with Gasteiger partial charge in [-0.05, 0) is 57.2 Å². The smallest absolute Gasteiger partial charge is 0.412 e. The molecule has 11 heteroatoms. The number of carbonyl (C=O) groups is 1. The SMILES string of the molecule is CC(C)(C)OC(=O)Nc1cccc(Nc2ncc(Cl)c(-c3cn(S(=O)(=O)c4ccccc4)c4ccccc34)n2)c1. The summed E-state index contributed by atoms with van der Waals surface area (Å²) in [4.78, 5) is 21.2. The number of halogens is 1. The van der Waals surface area contributed by atoms with Gasteiger partial charge in [0.2, 0.25) is 5.95 Å². The maximum Gasteiger partial charge on any atom is 0.412 e. The number of hydrogen-bond donors (Lipinski definition) is 2. The number of benzene rings is 3. The highest BCUT2D eigenvalue weighted by Gasteiger charge is 2.23. The first kappa shape index (κ1) is 27.2. The van der Waals surface area contributed by atoms with Crippen LogP contribution in [-0.2, 0) is 14.8 Å². The van der Waals surface area contributed by atoms with Crippen molar-refractivity contribution in [1.29, 1.82) is 0 Å². The van der Waals surface area contributed by atoms with E-state index in [1.165, 1.54) is 16.4 Å². The molecule has 0 aliphatic heterocycles. The first-order valence-corrected chi connectivity index (χ1v) is 14.1. The molecule has 5 rings (SSSR count). The normalized spacial score (nSPS) is 11.8. The molecule has 0 atom stereocenters. The molecule has 0 aliphatic rings. The molecule has 40 heavy (non-hydrogen) atoms. The number of nitrogens with one attached hydrogen (secondary N) is 2. The van der Waals surface area contributed by atoms with Crippen molar-refractivity contribution in [3.8, 4) is 11.3 Å². The summed E-state index contributed by atoms with van der Waals surface area (Å²) < 4.78 is 33.6. The number of carbonyl (C=O) groups excluding carboxylic acids is 1. The molecule has 204 valence electrons. The minimum atomic E-state index is -3.88. The van der Waals surface area contributed by atoms with Crippen LogP contribution in [0.4, 0.5) is 22.1 Å². The third-order valence-corrected chi connectivity index (χ3v) is 7.71. The van der Waals surface area contributed by atoms with Crippen LogP contribution < -0.4 is 10.6 Å². The van der Waals surface area contributed by atoms with Gasteiger partial charge in [-0.25, -0.2) is 27.2 Å². The summed E-state index contributed by atoms with van der Waals surface area (Å²) in [6.07, 6.45) is 2.40. The molecule has 0 spiro atoms. The summed E-state index contributed by atoms with van der Waals surface area (Å²) >= 11 is 6.54. The summed E-state index contributed by atoms with van der Waals surface area (Å²) in [7, 11) is -3.88. The Balaban J connectivity index is 1.49. The zero-order valence-corrected chi connectivity index (χ0v) is 23.5. The van der Waals surface area contributed by atoms with Gasteiger partial charge in [-0.2, -0.15) is 0 Å². The Morgan fingerprint density at radius 2 is 1.65 bits per heavy atom. The molecule has 2 heterocycles. The fourth-order valence-corrected chi connectivity index (χ4v) is 5.67. The Bertz CT molecular complexity index is 1820. The maximum absolute atomic E-state index is 13.5. The summed E-state index contributed by atoms with van der Waals surface area (Å²) in [5.74, 6) is 0.233. The van der Waals surface area contributed by atoms with Crippen LogP contribution in [0.1, 0.15) is 20.8 Å². The van der Waals surface area contributed by atoms with E-state index in [2.05, 4.69) is 20.6 Å². The molecule has 0 bridgehead atoms. The lowest BCUT2D eigenvalue weighted by molar-refractivity contribution is 0.0636. The van der Waals surface area contributed by atoms with Crippen LogP contribution in [0.2, 0.25) is 5.02 Å². The van der Waals surface area contributed by atoms with Gasteiger partial charge in [-0.1, -0.05) is 54.1 Å². The van der Waals surface area contributed by atoms with Crippen LogP contribution in [0, 0.1) is 0 Å². The quantitative estimate of drug-likeness (QED) is 0.222. The molecule has 0 unspecified atom stereocenters. The molecular weight excluding hydrogens is 550 g/mol. The fourth-order valence-electron chi connectivity index (χ4n) is 4.09. The monoisotopic (exact) mass is 575 g/mol. The number of aromatic nitrogens is 3. The highest BCUT2D eigenvalue weighted by atomic mass is 35.5. The Morgan fingerprint density at radius 3 is 2.40 bits per heavy atom. The van der Waals surface area contributed by atoms with E-state index in [-0.39, 0.29) is 15.9 Å². The zero-order chi connectivity index (χ0) is 28.5. The van der Waals surface area contributed by atoms with Crippen LogP contribution in [0.25, 0.3) is 22.2 Å². The predicted molar refractivity (Wildman–Crippen MR) is 157 cm³/mol. The topological polar surface area (TPSA) is 115 Å². The first-order valence-electron chi connectivity index (χ1n) is 12.3. The van der Waals surface area contributed by atoms with Crippen molar-refractivity contribution in [3.05, 3.63) is 96.3 Å². The third kappa shape index (κ3) is 5.78. The van der Waals surface area contributed by atoms with Crippen LogP contribution in [0.5, 0.6) is 0 Å². The summed E-state index contributed by atoms with van der Waals surface area (Å²) in [6, 6.07) is 22.3. The molecule has 5 aromatic rings. The van der Waals surface area contributed by atoms with E-state index in [1.54, 1.807) is 87.5 Å². The molecule has 9 nitrogen and oxygen atoms in total. The standard InChI is InChI=1S/C29H26ClN5O4S/c1-29(2,3)39-28(36)33-20-11-9-10-19(16-20)32-27-31-17-24(30)26(34-27)23-18-35(25-15-8-7-14-22(23)25)40(37,38)21-12-5-4-6-13-21/h4-18H,1-3H3,(H,33,36)(H,31,32,34). The second-order valence-electron chi connectivity index (χ2n) is 9.90. The van der Waals surface area contributed by atoms with Gasteiger partial charge in [0.05, 0.1) is 27.3 Å². The lowest BCUT2D eigenvalue weighted by atomic mass is 10.1. The average molecular weight is 576 g/mol. The van der Waals surface area contributed by atoms with Gasteiger partial charge in [0.15, 0.2) is 0 Å². The van der Waals surface area contributed by atoms with Crippen molar-refractivity contribution < 1.29 is 17.9 Å². The van der Waals surface area contributed by atoms with E-state index in [1.807, 2.05) is 12.1 Å².